The fourth-order valence-corrected chi connectivity index (χ4v) is 9.86. The maximum Gasteiger partial charge on any atom is 0.306 e. The van der Waals surface area contributed by atoms with Crippen molar-refractivity contribution in [2.24, 2.45) is 0 Å². The van der Waals surface area contributed by atoms with Gasteiger partial charge in [-0.1, -0.05) is 304 Å². The van der Waals surface area contributed by atoms with Crippen molar-refractivity contribution in [1.82, 2.24) is 0 Å². The third-order valence-corrected chi connectivity index (χ3v) is 15.0. The second-order valence-electron chi connectivity index (χ2n) is 23.1. The quantitative estimate of drug-likeness (QED) is 0.0261. The van der Waals surface area contributed by atoms with Crippen LogP contribution in [-0.2, 0) is 28.6 Å². The van der Waals surface area contributed by atoms with E-state index >= 15 is 0 Å². The smallest absolute Gasteiger partial charge is 0.306 e. The van der Waals surface area contributed by atoms with Crippen molar-refractivity contribution >= 4 is 17.9 Å². The number of allylic oxidation sites excluding steroid dienone is 16. The van der Waals surface area contributed by atoms with E-state index in [4.69, 9.17) is 14.2 Å². The Kier molecular flexibility index (Phi) is 65.7. The predicted octanol–water partition coefficient (Wildman–Crippen LogP) is 24.0. The lowest BCUT2D eigenvalue weighted by Gasteiger charge is -2.18. The van der Waals surface area contributed by atoms with Gasteiger partial charge in [-0.15, -0.1) is 0 Å². The van der Waals surface area contributed by atoms with Crippen LogP contribution >= 0.6 is 0 Å². The first-order chi connectivity index (χ1) is 40.0. The van der Waals surface area contributed by atoms with Gasteiger partial charge in [0.05, 0.1) is 0 Å². The lowest BCUT2D eigenvalue weighted by atomic mass is 10.0. The molecule has 0 aliphatic heterocycles. The van der Waals surface area contributed by atoms with Crippen molar-refractivity contribution in [1.29, 1.82) is 0 Å². The average molecular weight is 1130 g/mol. The Bertz CT molecular complexity index is 1580. The highest BCUT2D eigenvalue weighted by Crippen LogP contribution is 2.17. The fraction of sp³-hybridized carbons (Fsp3) is 0.747. The molecule has 0 bridgehead atoms. The van der Waals surface area contributed by atoms with Crippen LogP contribution in [0.15, 0.2) is 97.2 Å². The molecule has 0 rings (SSSR count). The Morgan fingerprint density at radius 3 is 0.815 bits per heavy atom. The van der Waals surface area contributed by atoms with Crippen molar-refractivity contribution in [2.45, 2.75) is 348 Å². The van der Waals surface area contributed by atoms with Crippen molar-refractivity contribution in [2.75, 3.05) is 13.2 Å². The standard InChI is InChI=1S/C75H130O6/c1-4-7-10-13-16-19-22-25-28-31-33-35-36-37-38-40-41-44-47-50-53-56-59-62-65-68-74(77)80-71-72(70-79-73(76)67-64-61-58-55-52-49-46-43-30-27-24-21-18-15-12-9-6-3)81-75(78)69-66-63-60-57-54-51-48-45-42-39-34-32-29-26-23-20-17-14-11-8-5-2/h9,12,18,21,23,26-27,30-34,46,49,55,58,72H,4-8,10-11,13-17,19-20,22,24-25,28-29,35-45,47-48,50-54,56-57,59-71H2,1-3H3/b12-9-,21-18-,26-23-,30-27-,33-31-,34-32-,49-46-,58-55-. The Morgan fingerprint density at radius 2 is 0.494 bits per heavy atom. The molecule has 0 aliphatic rings. The molecule has 0 amide bonds. The molecule has 0 N–H and O–H groups in total. The topological polar surface area (TPSA) is 78.9 Å². The molecule has 1 atom stereocenters. The molecular weight excluding hydrogens is 997 g/mol. The van der Waals surface area contributed by atoms with Gasteiger partial charge in [0, 0.05) is 19.3 Å². The Morgan fingerprint density at radius 1 is 0.259 bits per heavy atom. The lowest BCUT2D eigenvalue weighted by molar-refractivity contribution is -0.167. The van der Waals surface area contributed by atoms with Gasteiger partial charge in [0.15, 0.2) is 6.10 Å². The first-order valence-electron chi connectivity index (χ1n) is 34.7. The minimum Gasteiger partial charge on any atom is -0.462 e. The van der Waals surface area contributed by atoms with Gasteiger partial charge in [-0.25, -0.2) is 0 Å². The first kappa shape index (κ1) is 77.3. The molecule has 0 saturated heterocycles. The molecule has 0 radical (unpaired) electrons. The zero-order valence-corrected chi connectivity index (χ0v) is 53.5. The van der Waals surface area contributed by atoms with E-state index in [0.717, 1.165) is 83.5 Å². The van der Waals surface area contributed by atoms with E-state index in [2.05, 4.69) is 118 Å². The molecule has 0 heterocycles. The summed E-state index contributed by atoms with van der Waals surface area (Å²) in [6.07, 6.45) is 92.9. The van der Waals surface area contributed by atoms with E-state index in [9.17, 15) is 14.4 Å². The SMILES string of the molecule is CC/C=C\C/C=C\C/C=C\C/C=C\C/C=C\CCCC(=O)OCC(COC(=O)CCCCCCCCCCCCCCC/C=C\CCCCCCCCCC)OC(=O)CCCCCCCCCCC/C=C\C/C=C\CCCCCCC. The summed E-state index contributed by atoms with van der Waals surface area (Å²) in [6.45, 7) is 6.51. The number of rotatable bonds is 63. The summed E-state index contributed by atoms with van der Waals surface area (Å²) >= 11 is 0. The molecule has 81 heavy (non-hydrogen) atoms. The minimum absolute atomic E-state index is 0.0956. The summed E-state index contributed by atoms with van der Waals surface area (Å²) in [5.41, 5.74) is 0. The van der Waals surface area contributed by atoms with Crippen LogP contribution in [0.5, 0.6) is 0 Å². The fourth-order valence-electron chi connectivity index (χ4n) is 9.86. The number of ether oxygens (including phenoxy) is 3. The van der Waals surface area contributed by atoms with Gasteiger partial charge in [0.2, 0.25) is 0 Å². The molecule has 0 aliphatic carbocycles. The maximum atomic E-state index is 13.0. The van der Waals surface area contributed by atoms with Crippen LogP contribution in [0.1, 0.15) is 342 Å². The molecule has 1 unspecified atom stereocenters. The Balaban J connectivity index is 4.39. The molecule has 0 aromatic rings. The maximum absolute atomic E-state index is 13.0. The van der Waals surface area contributed by atoms with Gasteiger partial charge in [-0.05, 0) is 116 Å². The number of hydrogen-bond acceptors (Lipinski definition) is 6. The van der Waals surface area contributed by atoms with Crippen molar-refractivity contribution < 1.29 is 28.6 Å². The van der Waals surface area contributed by atoms with Crippen LogP contribution in [0, 0.1) is 0 Å². The summed E-state index contributed by atoms with van der Waals surface area (Å²) in [5.74, 6) is -0.947. The number of hydrogen-bond donors (Lipinski definition) is 0. The zero-order valence-electron chi connectivity index (χ0n) is 53.5. The van der Waals surface area contributed by atoms with Crippen molar-refractivity contribution in [3.05, 3.63) is 97.2 Å². The molecule has 0 saturated carbocycles. The van der Waals surface area contributed by atoms with E-state index in [-0.39, 0.29) is 37.5 Å². The molecule has 0 aromatic carbocycles. The van der Waals surface area contributed by atoms with Gasteiger partial charge in [-0.3, -0.25) is 14.4 Å². The lowest BCUT2D eigenvalue weighted by Crippen LogP contribution is -2.30. The van der Waals surface area contributed by atoms with Gasteiger partial charge < -0.3 is 14.2 Å². The molecular formula is C75H130O6. The van der Waals surface area contributed by atoms with Crippen molar-refractivity contribution in [3.8, 4) is 0 Å². The molecule has 6 nitrogen and oxygen atoms in total. The molecule has 0 aromatic heterocycles. The van der Waals surface area contributed by atoms with E-state index in [1.54, 1.807) is 0 Å². The zero-order chi connectivity index (χ0) is 58.5. The van der Waals surface area contributed by atoms with Crippen LogP contribution in [0.4, 0.5) is 0 Å². The van der Waals surface area contributed by atoms with E-state index < -0.39 is 6.10 Å². The number of unbranched alkanes of at least 4 members (excludes halogenated alkanes) is 36. The third-order valence-electron chi connectivity index (χ3n) is 15.0. The molecule has 0 spiro atoms. The predicted molar refractivity (Wildman–Crippen MR) is 353 cm³/mol. The van der Waals surface area contributed by atoms with Crippen LogP contribution in [0.25, 0.3) is 0 Å². The summed E-state index contributed by atoms with van der Waals surface area (Å²) < 4.78 is 16.9. The van der Waals surface area contributed by atoms with Gasteiger partial charge in [-0.2, -0.15) is 0 Å². The van der Waals surface area contributed by atoms with Gasteiger partial charge in [0.1, 0.15) is 13.2 Å². The normalized spacial score (nSPS) is 12.7. The second-order valence-corrected chi connectivity index (χ2v) is 23.1. The monoisotopic (exact) mass is 1130 g/mol. The van der Waals surface area contributed by atoms with E-state index in [0.29, 0.717) is 19.3 Å². The van der Waals surface area contributed by atoms with E-state index in [1.165, 1.54) is 212 Å². The summed E-state index contributed by atoms with van der Waals surface area (Å²) in [5, 5.41) is 0. The van der Waals surface area contributed by atoms with Crippen LogP contribution in [0.3, 0.4) is 0 Å². The minimum atomic E-state index is -0.805. The third kappa shape index (κ3) is 67.0. The Hall–Kier alpha value is -3.67. The second kappa shape index (κ2) is 68.8. The highest BCUT2D eigenvalue weighted by atomic mass is 16.6. The van der Waals surface area contributed by atoms with Crippen LogP contribution in [0.2, 0.25) is 0 Å². The summed E-state index contributed by atoms with van der Waals surface area (Å²) in [6, 6.07) is 0. The highest BCUT2D eigenvalue weighted by Gasteiger charge is 2.19. The largest absolute Gasteiger partial charge is 0.462 e. The van der Waals surface area contributed by atoms with Crippen molar-refractivity contribution in [3.63, 3.8) is 0 Å². The average Bonchev–Trinajstić information content (AvgIpc) is 3.47. The number of esters is 3. The van der Waals surface area contributed by atoms with Gasteiger partial charge in [0.25, 0.3) is 0 Å². The molecule has 6 heteroatoms. The Labute approximate surface area is 502 Å². The highest BCUT2D eigenvalue weighted by molar-refractivity contribution is 5.71. The van der Waals surface area contributed by atoms with Crippen LogP contribution < -0.4 is 0 Å². The number of carbonyl (C=O) groups excluding carboxylic acids is 3. The van der Waals surface area contributed by atoms with Gasteiger partial charge >= 0.3 is 17.9 Å². The van der Waals surface area contributed by atoms with Crippen LogP contribution in [-0.4, -0.2) is 37.2 Å². The summed E-state index contributed by atoms with van der Waals surface area (Å²) in [4.78, 5) is 38.4. The molecule has 466 valence electrons. The molecule has 0 fully saturated rings. The summed E-state index contributed by atoms with van der Waals surface area (Å²) in [7, 11) is 0. The number of carbonyl (C=O) groups is 3. The van der Waals surface area contributed by atoms with E-state index in [1.807, 2.05) is 0 Å². The first-order valence-corrected chi connectivity index (χ1v) is 34.7.